The van der Waals surface area contributed by atoms with Gasteiger partial charge < -0.3 is 14.6 Å². The fourth-order valence-corrected chi connectivity index (χ4v) is 6.53. The predicted molar refractivity (Wildman–Crippen MR) is 128 cm³/mol. The Morgan fingerprint density at radius 1 is 1.06 bits per heavy atom. The van der Waals surface area contributed by atoms with Crippen molar-refractivity contribution in [3.8, 4) is 21.9 Å². The van der Waals surface area contributed by atoms with Crippen LogP contribution in [0.2, 0.25) is 5.02 Å². The van der Waals surface area contributed by atoms with Crippen molar-refractivity contribution in [1.82, 2.24) is 3.97 Å². The summed E-state index contributed by atoms with van der Waals surface area (Å²) < 4.78 is 39.0. The minimum atomic E-state index is -3.92. The molecule has 0 bridgehead atoms. The van der Waals surface area contributed by atoms with Crippen LogP contribution in [0.3, 0.4) is 0 Å². The standard InChI is InChI=1S/C23H20ClNO6S2/c1-30-19-7-3-14(11-20(19)31-2)21-8-10-23(32-21)33(28,29)25-13-15(4-9-22(26)27)17-12-16(24)5-6-18(17)25/h3,5-8,10-13H,4,9H2,1-2H3,(H,26,27). The topological polar surface area (TPSA) is 94.8 Å². The number of carbonyl (C=O) groups is 1. The molecule has 0 spiro atoms. The van der Waals surface area contributed by atoms with Crippen LogP contribution in [-0.4, -0.2) is 37.7 Å². The van der Waals surface area contributed by atoms with E-state index in [1.807, 2.05) is 6.07 Å². The van der Waals surface area contributed by atoms with Gasteiger partial charge in [-0.25, -0.2) is 3.97 Å². The Morgan fingerprint density at radius 3 is 2.52 bits per heavy atom. The number of benzene rings is 2. The lowest BCUT2D eigenvalue weighted by atomic mass is 10.1. The number of carboxylic acids is 1. The van der Waals surface area contributed by atoms with Crippen LogP contribution in [0, 0.1) is 0 Å². The first-order chi connectivity index (χ1) is 15.7. The number of halogens is 1. The van der Waals surface area contributed by atoms with Crippen LogP contribution in [0.15, 0.2) is 58.9 Å². The zero-order valence-electron chi connectivity index (χ0n) is 17.7. The Bertz CT molecular complexity index is 1460. The lowest BCUT2D eigenvalue weighted by molar-refractivity contribution is -0.136. The SMILES string of the molecule is COc1ccc(-c2ccc(S(=O)(=O)n3cc(CCC(=O)O)c4cc(Cl)ccc43)s2)cc1OC. The van der Waals surface area contributed by atoms with Gasteiger partial charge in [0.2, 0.25) is 0 Å². The van der Waals surface area contributed by atoms with Crippen LogP contribution in [-0.2, 0) is 21.2 Å². The van der Waals surface area contributed by atoms with Gasteiger partial charge in [-0.15, -0.1) is 11.3 Å². The molecule has 0 radical (unpaired) electrons. The molecule has 0 saturated carbocycles. The van der Waals surface area contributed by atoms with Crippen molar-refractivity contribution in [2.75, 3.05) is 14.2 Å². The fraction of sp³-hybridized carbons (Fsp3) is 0.174. The number of aromatic nitrogens is 1. The second-order valence-electron chi connectivity index (χ2n) is 7.20. The molecule has 0 aliphatic heterocycles. The number of fused-ring (bicyclic) bond motifs is 1. The Labute approximate surface area is 199 Å². The van der Waals surface area contributed by atoms with Crippen molar-refractivity contribution in [2.45, 2.75) is 17.1 Å². The van der Waals surface area contributed by atoms with Crippen molar-refractivity contribution >= 4 is 49.8 Å². The van der Waals surface area contributed by atoms with Gasteiger partial charge in [-0.3, -0.25) is 4.79 Å². The van der Waals surface area contributed by atoms with Gasteiger partial charge in [0, 0.05) is 27.9 Å². The summed E-state index contributed by atoms with van der Waals surface area (Å²) in [5, 5.41) is 10.1. The third kappa shape index (κ3) is 4.44. The molecule has 0 fully saturated rings. The van der Waals surface area contributed by atoms with Gasteiger partial charge in [0.15, 0.2) is 11.5 Å². The Balaban J connectivity index is 1.77. The zero-order chi connectivity index (χ0) is 23.8. The third-order valence-corrected chi connectivity index (χ3v) is 8.70. The number of hydrogen-bond acceptors (Lipinski definition) is 6. The lowest BCUT2D eigenvalue weighted by Gasteiger charge is -2.08. The Morgan fingerprint density at radius 2 is 1.82 bits per heavy atom. The van der Waals surface area contributed by atoms with E-state index in [2.05, 4.69) is 0 Å². The molecule has 0 amide bonds. The molecular formula is C23H20ClNO6S2. The molecule has 2 heterocycles. The van der Waals surface area contributed by atoms with Crippen molar-refractivity contribution in [3.05, 3.63) is 65.3 Å². The minimum Gasteiger partial charge on any atom is -0.493 e. The summed E-state index contributed by atoms with van der Waals surface area (Å²) in [6.45, 7) is 0. The highest BCUT2D eigenvalue weighted by molar-refractivity contribution is 7.92. The van der Waals surface area contributed by atoms with Crippen LogP contribution < -0.4 is 9.47 Å². The van der Waals surface area contributed by atoms with Crippen LogP contribution >= 0.6 is 22.9 Å². The summed E-state index contributed by atoms with van der Waals surface area (Å²) in [5.74, 6) is 0.166. The summed E-state index contributed by atoms with van der Waals surface area (Å²) in [5.41, 5.74) is 1.85. The van der Waals surface area contributed by atoms with E-state index >= 15 is 0 Å². The smallest absolute Gasteiger partial charge is 0.303 e. The van der Waals surface area contributed by atoms with E-state index < -0.39 is 16.0 Å². The normalized spacial score (nSPS) is 11.6. The largest absolute Gasteiger partial charge is 0.493 e. The van der Waals surface area contributed by atoms with E-state index in [-0.39, 0.29) is 17.1 Å². The molecular weight excluding hydrogens is 486 g/mol. The van der Waals surface area contributed by atoms with Crippen molar-refractivity contribution in [3.63, 3.8) is 0 Å². The maximum atomic E-state index is 13.5. The summed E-state index contributed by atoms with van der Waals surface area (Å²) in [6, 6.07) is 13.6. The number of nitrogens with zero attached hydrogens (tertiary/aromatic N) is 1. The van der Waals surface area contributed by atoms with E-state index in [9.17, 15) is 13.2 Å². The number of carboxylic acid groups (broad SMARTS) is 1. The number of rotatable bonds is 8. The van der Waals surface area contributed by atoms with Gasteiger partial charge in [0.05, 0.1) is 19.7 Å². The van der Waals surface area contributed by atoms with Crippen molar-refractivity contribution in [2.24, 2.45) is 0 Å². The van der Waals surface area contributed by atoms with E-state index in [0.717, 1.165) is 21.8 Å². The molecule has 7 nitrogen and oxygen atoms in total. The average Bonchev–Trinajstić information content (AvgIpc) is 3.43. The highest BCUT2D eigenvalue weighted by atomic mass is 35.5. The molecule has 2 aromatic heterocycles. The van der Waals surface area contributed by atoms with E-state index in [0.29, 0.717) is 33.0 Å². The quantitative estimate of drug-likeness (QED) is 0.349. The Hall–Kier alpha value is -3.01. The molecule has 0 aliphatic rings. The van der Waals surface area contributed by atoms with Crippen LogP contribution in [0.25, 0.3) is 21.3 Å². The first-order valence-corrected chi connectivity index (χ1v) is 12.5. The van der Waals surface area contributed by atoms with Crippen LogP contribution in [0.4, 0.5) is 0 Å². The lowest BCUT2D eigenvalue weighted by Crippen LogP contribution is -2.10. The van der Waals surface area contributed by atoms with E-state index in [4.69, 9.17) is 26.2 Å². The maximum absolute atomic E-state index is 13.5. The molecule has 0 unspecified atom stereocenters. The number of hydrogen-bond donors (Lipinski definition) is 1. The van der Waals surface area contributed by atoms with Gasteiger partial charge in [-0.2, -0.15) is 8.42 Å². The van der Waals surface area contributed by atoms with Crippen molar-refractivity contribution < 1.29 is 27.8 Å². The van der Waals surface area contributed by atoms with Crippen LogP contribution in [0.1, 0.15) is 12.0 Å². The molecule has 4 rings (SSSR count). The monoisotopic (exact) mass is 505 g/mol. The first-order valence-electron chi connectivity index (χ1n) is 9.83. The molecule has 33 heavy (non-hydrogen) atoms. The molecule has 1 N–H and O–H groups in total. The number of aryl methyl sites for hydroxylation is 1. The number of thiophene rings is 1. The summed E-state index contributed by atoms with van der Waals surface area (Å²) in [7, 11) is -0.836. The first kappa shape index (κ1) is 23.2. The number of ether oxygens (including phenoxy) is 2. The predicted octanol–water partition coefficient (Wildman–Crippen LogP) is 5.29. The van der Waals surface area contributed by atoms with E-state index in [1.165, 1.54) is 17.3 Å². The van der Waals surface area contributed by atoms with Crippen LogP contribution in [0.5, 0.6) is 11.5 Å². The number of methoxy groups -OCH3 is 2. The van der Waals surface area contributed by atoms with E-state index in [1.54, 1.807) is 49.6 Å². The van der Waals surface area contributed by atoms with Gasteiger partial charge in [-0.1, -0.05) is 11.6 Å². The summed E-state index contributed by atoms with van der Waals surface area (Å²) >= 11 is 7.25. The molecule has 10 heteroatoms. The molecule has 2 aromatic carbocycles. The fourth-order valence-electron chi connectivity index (χ4n) is 3.58. The second kappa shape index (κ2) is 9.09. The highest BCUT2D eigenvalue weighted by Gasteiger charge is 2.24. The molecule has 4 aromatic rings. The Kier molecular flexibility index (Phi) is 6.38. The van der Waals surface area contributed by atoms with Gasteiger partial charge in [-0.05, 0) is 66.1 Å². The molecule has 0 aliphatic carbocycles. The summed E-state index contributed by atoms with van der Waals surface area (Å²) in [4.78, 5) is 11.8. The summed E-state index contributed by atoms with van der Waals surface area (Å²) in [6.07, 6.45) is 1.55. The van der Waals surface area contributed by atoms with Gasteiger partial charge in [0.1, 0.15) is 4.21 Å². The van der Waals surface area contributed by atoms with Gasteiger partial charge in [0.25, 0.3) is 10.0 Å². The molecule has 0 saturated heterocycles. The number of aliphatic carboxylic acids is 1. The molecule has 172 valence electrons. The third-order valence-electron chi connectivity index (χ3n) is 5.19. The highest BCUT2D eigenvalue weighted by Crippen LogP contribution is 2.38. The maximum Gasteiger partial charge on any atom is 0.303 e. The van der Waals surface area contributed by atoms with Crippen molar-refractivity contribution in [1.29, 1.82) is 0 Å². The minimum absolute atomic E-state index is 0.117. The van der Waals surface area contributed by atoms with Gasteiger partial charge >= 0.3 is 5.97 Å². The second-order valence-corrected chi connectivity index (χ2v) is 10.8. The zero-order valence-corrected chi connectivity index (χ0v) is 20.1. The molecule has 0 atom stereocenters. The average molecular weight is 506 g/mol.